The van der Waals surface area contributed by atoms with Crippen LogP contribution in [0.5, 0.6) is 11.5 Å². The Morgan fingerprint density at radius 2 is 1.44 bits per heavy atom. The number of carbonyl (C=O) groups is 1. The third kappa shape index (κ3) is 6.72. The van der Waals surface area contributed by atoms with Crippen molar-refractivity contribution in [3.63, 3.8) is 0 Å². The van der Waals surface area contributed by atoms with E-state index in [1.807, 2.05) is 84.9 Å². The molecule has 4 aromatic rings. The van der Waals surface area contributed by atoms with Gasteiger partial charge in [-0.15, -0.1) is 0 Å². The zero-order valence-corrected chi connectivity index (χ0v) is 19.3. The van der Waals surface area contributed by atoms with Crippen LogP contribution in [0.1, 0.15) is 18.9 Å². The van der Waals surface area contributed by atoms with Crippen molar-refractivity contribution < 1.29 is 14.3 Å². The number of nitrogens with one attached hydrogen (secondary N) is 1. The predicted octanol–water partition coefficient (Wildman–Crippen LogP) is 6.77. The summed E-state index contributed by atoms with van der Waals surface area (Å²) in [5, 5.41) is 2.91. The number of rotatable bonds is 10. The van der Waals surface area contributed by atoms with Gasteiger partial charge in [-0.25, -0.2) is 0 Å². The Bertz CT molecular complexity index is 1170. The fourth-order valence-electron chi connectivity index (χ4n) is 3.63. The van der Waals surface area contributed by atoms with E-state index in [-0.39, 0.29) is 5.91 Å². The summed E-state index contributed by atoms with van der Waals surface area (Å²) in [6, 6.07) is 35.7. The number of hydrogen-bond donors (Lipinski definition) is 1. The highest BCUT2D eigenvalue weighted by Gasteiger charge is 2.15. The fourth-order valence-corrected chi connectivity index (χ4v) is 3.63. The van der Waals surface area contributed by atoms with E-state index in [1.54, 1.807) is 6.92 Å². The molecule has 0 saturated heterocycles. The zero-order chi connectivity index (χ0) is 23.6. The smallest absolute Gasteiger partial charge is 0.265 e. The van der Waals surface area contributed by atoms with Gasteiger partial charge in [-0.3, -0.25) is 4.79 Å². The van der Waals surface area contributed by atoms with Crippen LogP contribution < -0.4 is 14.8 Å². The molecule has 172 valence electrons. The molecule has 1 unspecified atom stereocenters. The molecule has 0 aromatic heterocycles. The molecule has 4 nitrogen and oxygen atoms in total. The lowest BCUT2D eigenvalue weighted by Crippen LogP contribution is -2.30. The van der Waals surface area contributed by atoms with Gasteiger partial charge in [0.1, 0.15) is 11.5 Å². The first-order chi connectivity index (χ1) is 16.7. The van der Waals surface area contributed by atoms with Gasteiger partial charge in [0, 0.05) is 11.8 Å². The molecule has 4 aromatic carbocycles. The summed E-state index contributed by atoms with van der Waals surface area (Å²) < 4.78 is 11.7. The topological polar surface area (TPSA) is 47.6 Å². The van der Waals surface area contributed by atoms with Crippen LogP contribution in [0.15, 0.2) is 109 Å². The van der Waals surface area contributed by atoms with Crippen molar-refractivity contribution in [1.29, 1.82) is 0 Å². The third-order valence-corrected chi connectivity index (χ3v) is 5.47. The molecule has 0 spiro atoms. The third-order valence-electron chi connectivity index (χ3n) is 5.47. The molecule has 0 bridgehead atoms. The minimum Gasteiger partial charge on any atom is -0.494 e. The number of hydrogen-bond acceptors (Lipinski definition) is 3. The molecule has 1 amide bonds. The molecule has 0 fully saturated rings. The van der Waals surface area contributed by atoms with Gasteiger partial charge in [0.05, 0.1) is 6.61 Å². The highest BCUT2D eigenvalue weighted by Crippen LogP contribution is 2.23. The second-order valence-electron chi connectivity index (χ2n) is 8.11. The monoisotopic (exact) mass is 451 g/mol. The molecule has 4 heteroatoms. The van der Waals surface area contributed by atoms with Crippen LogP contribution in [0.2, 0.25) is 0 Å². The second kappa shape index (κ2) is 11.7. The Hall–Kier alpha value is -4.05. The zero-order valence-electron chi connectivity index (χ0n) is 19.3. The number of aryl methyl sites for hydroxylation is 1. The van der Waals surface area contributed by atoms with Crippen LogP contribution >= 0.6 is 0 Å². The highest BCUT2D eigenvalue weighted by molar-refractivity contribution is 5.94. The lowest BCUT2D eigenvalue weighted by atomic mass is 10.1. The molecule has 34 heavy (non-hydrogen) atoms. The summed E-state index contributed by atoms with van der Waals surface area (Å²) in [6.07, 6.45) is 1.26. The average molecular weight is 452 g/mol. The van der Waals surface area contributed by atoms with Crippen molar-refractivity contribution in [3.8, 4) is 22.6 Å². The van der Waals surface area contributed by atoms with E-state index in [2.05, 4.69) is 29.6 Å². The van der Waals surface area contributed by atoms with E-state index in [0.29, 0.717) is 18.0 Å². The molecule has 0 aliphatic carbocycles. The van der Waals surface area contributed by atoms with Gasteiger partial charge >= 0.3 is 0 Å². The van der Waals surface area contributed by atoms with Crippen LogP contribution in [0, 0.1) is 0 Å². The predicted molar refractivity (Wildman–Crippen MR) is 137 cm³/mol. The van der Waals surface area contributed by atoms with Crippen molar-refractivity contribution in [2.75, 3.05) is 11.9 Å². The average Bonchev–Trinajstić information content (AvgIpc) is 2.88. The minimum atomic E-state index is -0.641. The molecule has 1 atom stereocenters. The summed E-state index contributed by atoms with van der Waals surface area (Å²) in [7, 11) is 0. The molecule has 1 N–H and O–H groups in total. The van der Waals surface area contributed by atoms with E-state index >= 15 is 0 Å². The van der Waals surface area contributed by atoms with Crippen LogP contribution in [0.4, 0.5) is 5.69 Å². The minimum absolute atomic E-state index is 0.214. The van der Waals surface area contributed by atoms with E-state index in [0.717, 1.165) is 29.7 Å². The normalized spacial score (nSPS) is 11.4. The fraction of sp³-hybridized carbons (Fsp3) is 0.167. The molecule has 0 radical (unpaired) electrons. The number of amides is 1. The first kappa shape index (κ1) is 23.1. The molecule has 0 saturated carbocycles. The standard InChI is InChI=1S/C30H29NO3/c1-23(34-28-19-17-26(18-20-28)25-13-6-3-7-14-25)30(32)31-27-15-8-16-29(22-27)33-21-9-12-24-10-4-2-5-11-24/h2-8,10-11,13-20,22-23H,9,12,21H2,1H3,(H,31,32). The molecule has 4 rings (SSSR count). The maximum Gasteiger partial charge on any atom is 0.265 e. The SMILES string of the molecule is CC(Oc1ccc(-c2ccccc2)cc1)C(=O)Nc1cccc(OCCCc2ccccc2)c1. The van der Waals surface area contributed by atoms with Crippen LogP contribution in [0.25, 0.3) is 11.1 Å². The van der Waals surface area contributed by atoms with Crippen molar-refractivity contribution in [3.05, 3.63) is 115 Å². The maximum absolute atomic E-state index is 12.7. The number of benzene rings is 4. The Morgan fingerprint density at radius 1 is 0.765 bits per heavy atom. The van der Waals surface area contributed by atoms with E-state index in [1.165, 1.54) is 5.56 Å². The highest BCUT2D eigenvalue weighted by atomic mass is 16.5. The Labute approximate surface area is 201 Å². The molecular formula is C30H29NO3. The van der Waals surface area contributed by atoms with Gasteiger partial charge in [-0.2, -0.15) is 0 Å². The summed E-state index contributed by atoms with van der Waals surface area (Å²) >= 11 is 0. The van der Waals surface area contributed by atoms with Gasteiger partial charge in [0.15, 0.2) is 6.10 Å². The number of anilines is 1. The summed E-state index contributed by atoms with van der Waals surface area (Å²) in [4.78, 5) is 12.7. The molecule has 0 aliphatic rings. The number of ether oxygens (including phenoxy) is 2. The lowest BCUT2D eigenvalue weighted by molar-refractivity contribution is -0.122. The van der Waals surface area contributed by atoms with Crippen molar-refractivity contribution >= 4 is 11.6 Å². The van der Waals surface area contributed by atoms with E-state index in [9.17, 15) is 4.79 Å². The Kier molecular flexibility index (Phi) is 7.96. The molecular weight excluding hydrogens is 422 g/mol. The molecule has 0 heterocycles. The van der Waals surface area contributed by atoms with Crippen LogP contribution in [-0.4, -0.2) is 18.6 Å². The largest absolute Gasteiger partial charge is 0.494 e. The van der Waals surface area contributed by atoms with Gasteiger partial charge in [-0.05, 0) is 60.7 Å². The second-order valence-corrected chi connectivity index (χ2v) is 8.11. The van der Waals surface area contributed by atoms with E-state index in [4.69, 9.17) is 9.47 Å². The Morgan fingerprint density at radius 3 is 2.18 bits per heavy atom. The van der Waals surface area contributed by atoms with Crippen LogP contribution in [0.3, 0.4) is 0 Å². The van der Waals surface area contributed by atoms with Gasteiger partial charge in [0.2, 0.25) is 0 Å². The quantitative estimate of drug-likeness (QED) is 0.271. The summed E-state index contributed by atoms with van der Waals surface area (Å²) in [5.41, 5.74) is 4.23. The lowest BCUT2D eigenvalue weighted by Gasteiger charge is -2.15. The first-order valence-corrected chi connectivity index (χ1v) is 11.6. The van der Waals surface area contributed by atoms with Crippen LogP contribution in [-0.2, 0) is 11.2 Å². The maximum atomic E-state index is 12.7. The van der Waals surface area contributed by atoms with Gasteiger partial charge in [0.25, 0.3) is 5.91 Å². The van der Waals surface area contributed by atoms with Crippen molar-refractivity contribution in [1.82, 2.24) is 0 Å². The number of carbonyl (C=O) groups excluding carboxylic acids is 1. The summed E-state index contributed by atoms with van der Waals surface area (Å²) in [5.74, 6) is 1.17. The molecule has 0 aliphatic heterocycles. The first-order valence-electron chi connectivity index (χ1n) is 11.6. The van der Waals surface area contributed by atoms with Gasteiger partial charge < -0.3 is 14.8 Å². The van der Waals surface area contributed by atoms with Crippen molar-refractivity contribution in [2.45, 2.75) is 25.9 Å². The Balaban J connectivity index is 1.26. The van der Waals surface area contributed by atoms with Gasteiger partial charge in [-0.1, -0.05) is 78.9 Å². The van der Waals surface area contributed by atoms with Crippen molar-refractivity contribution in [2.24, 2.45) is 0 Å². The van der Waals surface area contributed by atoms with E-state index < -0.39 is 6.10 Å². The summed E-state index contributed by atoms with van der Waals surface area (Å²) in [6.45, 7) is 2.36.